The zero-order chi connectivity index (χ0) is 16.1. The summed E-state index contributed by atoms with van der Waals surface area (Å²) in [5.74, 6) is 1.29. The van der Waals surface area contributed by atoms with Crippen LogP contribution in [0.1, 0.15) is 21.8 Å². The van der Waals surface area contributed by atoms with E-state index in [-0.39, 0.29) is 12.2 Å². The minimum Gasteiger partial charge on any atom is -0.496 e. The Bertz CT molecular complexity index is 664. The smallest absolute Gasteiger partial charge is 0.342 e. The second kappa shape index (κ2) is 6.84. The van der Waals surface area contributed by atoms with Crippen LogP contribution in [0.3, 0.4) is 0 Å². The summed E-state index contributed by atoms with van der Waals surface area (Å²) < 4.78 is 25.7. The lowest BCUT2D eigenvalue weighted by Gasteiger charge is -2.13. The van der Waals surface area contributed by atoms with Gasteiger partial charge < -0.3 is 23.5 Å². The molecule has 0 N–H and O–H groups in total. The van der Waals surface area contributed by atoms with Gasteiger partial charge in [0.15, 0.2) is 11.5 Å². The number of aromatic nitrogens is 1. The van der Waals surface area contributed by atoms with Crippen molar-refractivity contribution in [3.8, 4) is 17.2 Å². The topological polar surface area (TPSA) is 80.0 Å². The Morgan fingerprint density at radius 3 is 2.23 bits per heavy atom. The van der Waals surface area contributed by atoms with Gasteiger partial charge in [-0.2, -0.15) is 0 Å². The monoisotopic (exact) mass is 307 g/mol. The summed E-state index contributed by atoms with van der Waals surface area (Å²) in [5.41, 5.74) is 0.769. The van der Waals surface area contributed by atoms with Gasteiger partial charge in [0.25, 0.3) is 0 Å². The number of carbonyl (C=O) groups is 1. The van der Waals surface area contributed by atoms with E-state index >= 15 is 0 Å². The summed E-state index contributed by atoms with van der Waals surface area (Å²) >= 11 is 0. The van der Waals surface area contributed by atoms with E-state index in [0.29, 0.717) is 28.7 Å². The molecule has 22 heavy (non-hydrogen) atoms. The number of hydrogen-bond donors (Lipinski definition) is 0. The quantitative estimate of drug-likeness (QED) is 0.758. The average Bonchev–Trinajstić information content (AvgIpc) is 2.96. The van der Waals surface area contributed by atoms with Crippen LogP contribution in [0.4, 0.5) is 0 Å². The zero-order valence-corrected chi connectivity index (χ0v) is 12.8. The van der Waals surface area contributed by atoms with Crippen LogP contribution in [-0.4, -0.2) is 32.5 Å². The Morgan fingerprint density at radius 2 is 1.68 bits per heavy atom. The molecule has 0 aliphatic rings. The molecule has 1 aromatic carbocycles. The van der Waals surface area contributed by atoms with Crippen LogP contribution in [-0.2, 0) is 11.3 Å². The fourth-order valence-corrected chi connectivity index (χ4v) is 1.89. The van der Waals surface area contributed by atoms with Gasteiger partial charge in [0.1, 0.15) is 29.4 Å². The maximum Gasteiger partial charge on any atom is 0.342 e. The van der Waals surface area contributed by atoms with E-state index in [4.69, 9.17) is 23.5 Å². The number of benzene rings is 1. The molecule has 0 spiro atoms. The van der Waals surface area contributed by atoms with Crippen LogP contribution >= 0.6 is 0 Å². The standard InChI is InChI=1S/C15H17NO6/c1-9-5-10(16-22-9)8-21-15(17)11-6-13(19-3)14(20-4)7-12(11)18-2/h5-7H,8H2,1-4H3. The summed E-state index contributed by atoms with van der Waals surface area (Å²) in [5, 5.41) is 3.76. The molecule has 0 fully saturated rings. The Hall–Kier alpha value is -2.70. The Labute approximate surface area is 127 Å². The zero-order valence-electron chi connectivity index (χ0n) is 12.8. The summed E-state index contributed by atoms with van der Waals surface area (Å²) in [6, 6.07) is 4.77. The molecular formula is C15H17NO6. The third-order valence-corrected chi connectivity index (χ3v) is 2.95. The van der Waals surface area contributed by atoms with Gasteiger partial charge in [-0.05, 0) is 6.92 Å². The average molecular weight is 307 g/mol. The first-order valence-corrected chi connectivity index (χ1v) is 6.48. The largest absolute Gasteiger partial charge is 0.496 e. The Morgan fingerprint density at radius 1 is 1.05 bits per heavy atom. The first-order chi connectivity index (χ1) is 10.6. The number of esters is 1. The molecule has 7 heteroatoms. The van der Waals surface area contributed by atoms with Gasteiger partial charge in [-0.3, -0.25) is 0 Å². The molecule has 0 unspecified atom stereocenters. The normalized spacial score (nSPS) is 10.2. The van der Waals surface area contributed by atoms with Crippen molar-refractivity contribution in [3.05, 3.63) is 35.2 Å². The van der Waals surface area contributed by atoms with E-state index in [1.54, 1.807) is 19.1 Å². The van der Waals surface area contributed by atoms with Gasteiger partial charge in [0, 0.05) is 18.2 Å². The number of methoxy groups -OCH3 is 3. The Balaban J connectivity index is 2.20. The van der Waals surface area contributed by atoms with E-state index in [1.807, 2.05) is 0 Å². The SMILES string of the molecule is COc1cc(OC)c(C(=O)OCc2cc(C)on2)cc1OC. The van der Waals surface area contributed by atoms with Gasteiger partial charge in [-0.1, -0.05) is 5.16 Å². The van der Waals surface area contributed by atoms with E-state index in [0.717, 1.165) is 0 Å². The molecule has 0 amide bonds. The van der Waals surface area contributed by atoms with Crippen molar-refractivity contribution in [2.24, 2.45) is 0 Å². The van der Waals surface area contributed by atoms with Crippen LogP contribution < -0.4 is 14.2 Å². The van der Waals surface area contributed by atoms with Crippen molar-refractivity contribution in [2.45, 2.75) is 13.5 Å². The highest BCUT2D eigenvalue weighted by Crippen LogP contribution is 2.35. The highest BCUT2D eigenvalue weighted by Gasteiger charge is 2.19. The number of hydrogen-bond acceptors (Lipinski definition) is 7. The highest BCUT2D eigenvalue weighted by molar-refractivity contribution is 5.93. The molecule has 7 nitrogen and oxygen atoms in total. The van der Waals surface area contributed by atoms with Crippen LogP contribution in [0, 0.1) is 6.92 Å². The van der Waals surface area contributed by atoms with Gasteiger partial charge in [-0.15, -0.1) is 0 Å². The maximum atomic E-state index is 12.2. The van der Waals surface area contributed by atoms with Crippen LogP contribution in [0.2, 0.25) is 0 Å². The molecule has 2 rings (SSSR count). The minimum atomic E-state index is -0.557. The predicted molar refractivity (Wildman–Crippen MR) is 76.5 cm³/mol. The lowest BCUT2D eigenvalue weighted by molar-refractivity contribution is 0.0460. The molecule has 0 saturated carbocycles. The number of aryl methyl sites for hydroxylation is 1. The first-order valence-electron chi connectivity index (χ1n) is 6.48. The molecule has 0 bridgehead atoms. The van der Waals surface area contributed by atoms with Gasteiger partial charge in [0.05, 0.1) is 21.3 Å². The van der Waals surface area contributed by atoms with Gasteiger partial charge >= 0.3 is 5.97 Å². The van der Waals surface area contributed by atoms with E-state index < -0.39 is 5.97 Å². The maximum absolute atomic E-state index is 12.2. The highest BCUT2D eigenvalue weighted by atomic mass is 16.5. The number of nitrogens with zero attached hydrogens (tertiary/aromatic N) is 1. The van der Waals surface area contributed by atoms with Crippen molar-refractivity contribution in [1.29, 1.82) is 0 Å². The fraction of sp³-hybridized carbons (Fsp3) is 0.333. The third kappa shape index (κ3) is 3.30. The van der Waals surface area contributed by atoms with Crippen LogP contribution in [0.15, 0.2) is 22.7 Å². The molecule has 0 saturated heterocycles. The first kappa shape index (κ1) is 15.7. The number of ether oxygens (including phenoxy) is 4. The van der Waals surface area contributed by atoms with Crippen molar-refractivity contribution >= 4 is 5.97 Å². The summed E-state index contributed by atoms with van der Waals surface area (Å²) in [6.07, 6.45) is 0. The lowest BCUT2D eigenvalue weighted by Crippen LogP contribution is -2.08. The molecule has 1 aromatic heterocycles. The summed E-state index contributed by atoms with van der Waals surface area (Å²) in [7, 11) is 4.44. The molecule has 2 aromatic rings. The number of rotatable bonds is 6. The van der Waals surface area contributed by atoms with Gasteiger partial charge in [0.2, 0.25) is 0 Å². The molecule has 0 aliphatic carbocycles. The molecule has 118 valence electrons. The lowest BCUT2D eigenvalue weighted by atomic mass is 10.1. The van der Waals surface area contributed by atoms with Crippen molar-refractivity contribution < 1.29 is 28.3 Å². The van der Waals surface area contributed by atoms with E-state index in [9.17, 15) is 4.79 Å². The summed E-state index contributed by atoms with van der Waals surface area (Å²) in [6.45, 7) is 1.77. The van der Waals surface area contributed by atoms with E-state index in [2.05, 4.69) is 5.16 Å². The van der Waals surface area contributed by atoms with Gasteiger partial charge in [-0.25, -0.2) is 4.79 Å². The molecule has 0 radical (unpaired) electrons. The predicted octanol–water partition coefficient (Wildman–Crippen LogP) is 2.37. The Kier molecular flexibility index (Phi) is 4.88. The van der Waals surface area contributed by atoms with Crippen molar-refractivity contribution in [2.75, 3.05) is 21.3 Å². The molecule has 0 atom stereocenters. The third-order valence-electron chi connectivity index (χ3n) is 2.95. The second-order valence-corrected chi connectivity index (χ2v) is 4.41. The van der Waals surface area contributed by atoms with Crippen LogP contribution in [0.25, 0.3) is 0 Å². The molecule has 1 heterocycles. The van der Waals surface area contributed by atoms with Crippen molar-refractivity contribution in [3.63, 3.8) is 0 Å². The fourth-order valence-electron chi connectivity index (χ4n) is 1.89. The molecule has 0 aliphatic heterocycles. The second-order valence-electron chi connectivity index (χ2n) is 4.41. The molecular weight excluding hydrogens is 290 g/mol. The van der Waals surface area contributed by atoms with Crippen molar-refractivity contribution in [1.82, 2.24) is 5.16 Å². The minimum absolute atomic E-state index is 0.00761. The van der Waals surface area contributed by atoms with E-state index in [1.165, 1.54) is 27.4 Å². The number of carbonyl (C=O) groups excluding carboxylic acids is 1. The van der Waals surface area contributed by atoms with Crippen LogP contribution in [0.5, 0.6) is 17.2 Å². The summed E-state index contributed by atoms with van der Waals surface area (Å²) in [4.78, 5) is 12.2.